The molecule has 0 saturated carbocycles. The molecule has 3 aromatic carbocycles. The minimum Gasteiger partial charge on any atom is -0.0654 e. The summed E-state index contributed by atoms with van der Waals surface area (Å²) in [6, 6.07) is 26.6. The maximum atomic E-state index is 2.48. The molecule has 3 aromatic rings. The monoisotopic (exact) mass is 324 g/mol. The Morgan fingerprint density at radius 2 is 1.48 bits per heavy atom. The fourth-order valence-electron chi connectivity index (χ4n) is 3.93. The molecule has 0 radical (unpaired) electrons. The van der Waals surface area contributed by atoms with E-state index in [9.17, 15) is 0 Å². The Morgan fingerprint density at radius 1 is 0.760 bits per heavy atom. The zero-order chi connectivity index (χ0) is 17.4. The average Bonchev–Trinajstić information content (AvgIpc) is 2.64. The highest BCUT2D eigenvalue weighted by Gasteiger charge is 2.31. The highest BCUT2D eigenvalue weighted by Crippen LogP contribution is 2.41. The van der Waals surface area contributed by atoms with Crippen LogP contribution in [0.4, 0.5) is 0 Å². The molecule has 1 unspecified atom stereocenters. The third-order valence-corrected chi connectivity index (χ3v) is 5.58. The van der Waals surface area contributed by atoms with Crippen LogP contribution in [0.3, 0.4) is 0 Å². The van der Waals surface area contributed by atoms with Crippen molar-refractivity contribution in [1.82, 2.24) is 0 Å². The van der Waals surface area contributed by atoms with Crippen LogP contribution in [-0.4, -0.2) is 0 Å². The summed E-state index contributed by atoms with van der Waals surface area (Å²) in [6.07, 6.45) is 3.52. The molecule has 0 N–H and O–H groups in total. The first-order valence-corrected chi connectivity index (χ1v) is 9.01. The summed E-state index contributed by atoms with van der Waals surface area (Å²) in [7, 11) is 0. The molecule has 0 saturated heterocycles. The van der Waals surface area contributed by atoms with Gasteiger partial charge in [0.15, 0.2) is 0 Å². The molecule has 0 heterocycles. The van der Waals surface area contributed by atoms with Crippen LogP contribution in [0, 0.1) is 13.8 Å². The fraction of sp³-hybridized carbons (Fsp3) is 0.200. The smallest absolute Gasteiger partial charge is 0.0153 e. The zero-order valence-corrected chi connectivity index (χ0v) is 15.2. The zero-order valence-electron chi connectivity index (χ0n) is 15.2. The van der Waals surface area contributed by atoms with Crippen molar-refractivity contribution in [2.75, 3.05) is 0 Å². The van der Waals surface area contributed by atoms with Gasteiger partial charge in [0.1, 0.15) is 0 Å². The van der Waals surface area contributed by atoms with E-state index in [-0.39, 0.29) is 5.41 Å². The minimum absolute atomic E-state index is 0.0176. The van der Waals surface area contributed by atoms with Crippen molar-refractivity contribution in [1.29, 1.82) is 0 Å². The Bertz CT molecular complexity index is 947. The molecule has 1 aliphatic carbocycles. The number of hydrogen-bond acceptors (Lipinski definition) is 0. The highest BCUT2D eigenvalue weighted by atomic mass is 14.3. The predicted octanol–water partition coefficient (Wildman–Crippen LogP) is 6.25. The summed E-state index contributed by atoms with van der Waals surface area (Å²) < 4.78 is 0. The molecule has 4 rings (SSSR count). The molecule has 1 atom stereocenters. The van der Waals surface area contributed by atoms with Crippen LogP contribution in [0.25, 0.3) is 5.57 Å². The first-order valence-electron chi connectivity index (χ1n) is 9.01. The van der Waals surface area contributed by atoms with Gasteiger partial charge in [0.2, 0.25) is 0 Å². The van der Waals surface area contributed by atoms with Gasteiger partial charge < -0.3 is 0 Å². The van der Waals surface area contributed by atoms with Gasteiger partial charge in [0.25, 0.3) is 0 Å². The molecular weight excluding hydrogens is 300 g/mol. The number of rotatable bonds is 2. The molecule has 0 nitrogen and oxygen atoms in total. The van der Waals surface area contributed by atoms with E-state index >= 15 is 0 Å². The quantitative estimate of drug-likeness (QED) is 0.522. The summed E-state index contributed by atoms with van der Waals surface area (Å²) in [6.45, 7) is 6.74. The largest absolute Gasteiger partial charge is 0.0654 e. The van der Waals surface area contributed by atoms with E-state index < -0.39 is 0 Å². The Balaban J connectivity index is 1.93. The first-order chi connectivity index (χ1) is 12.1. The predicted molar refractivity (Wildman–Crippen MR) is 107 cm³/mol. The van der Waals surface area contributed by atoms with Crippen molar-refractivity contribution < 1.29 is 0 Å². The molecule has 0 spiro atoms. The highest BCUT2D eigenvalue weighted by molar-refractivity contribution is 5.84. The van der Waals surface area contributed by atoms with Crippen molar-refractivity contribution in [3.63, 3.8) is 0 Å². The average molecular weight is 324 g/mol. The number of allylic oxidation sites excluding steroid dienone is 1. The van der Waals surface area contributed by atoms with Crippen molar-refractivity contribution in [2.24, 2.45) is 0 Å². The number of hydrogen-bond donors (Lipinski definition) is 0. The summed E-state index contributed by atoms with van der Waals surface area (Å²) in [5, 5.41) is 0. The van der Waals surface area contributed by atoms with Crippen molar-refractivity contribution in [3.8, 4) is 0 Å². The SMILES string of the molecule is Cc1ccc(C2=CC(C)(c3ccccc3)Cc3ccccc32)cc1C. The van der Waals surface area contributed by atoms with Gasteiger partial charge in [0, 0.05) is 5.41 Å². The Hall–Kier alpha value is -2.60. The van der Waals surface area contributed by atoms with Crippen LogP contribution < -0.4 is 0 Å². The van der Waals surface area contributed by atoms with E-state index in [1.54, 1.807) is 0 Å². The van der Waals surface area contributed by atoms with Gasteiger partial charge in [-0.3, -0.25) is 0 Å². The van der Waals surface area contributed by atoms with Gasteiger partial charge in [-0.2, -0.15) is 0 Å². The van der Waals surface area contributed by atoms with Crippen LogP contribution in [0.1, 0.15) is 40.3 Å². The molecule has 124 valence electrons. The van der Waals surface area contributed by atoms with E-state index in [1.165, 1.54) is 39.0 Å². The third kappa shape index (κ3) is 2.82. The molecule has 0 aromatic heterocycles. The second kappa shape index (κ2) is 6.04. The molecule has 0 heteroatoms. The molecule has 0 bridgehead atoms. The Kier molecular flexibility index (Phi) is 3.84. The summed E-state index contributed by atoms with van der Waals surface area (Å²) in [5.41, 5.74) is 9.58. The third-order valence-electron chi connectivity index (χ3n) is 5.58. The lowest BCUT2D eigenvalue weighted by molar-refractivity contribution is 0.585. The Labute approximate surface area is 150 Å². The van der Waals surface area contributed by atoms with Gasteiger partial charge in [-0.1, -0.05) is 85.8 Å². The molecule has 25 heavy (non-hydrogen) atoms. The summed E-state index contributed by atoms with van der Waals surface area (Å²) in [5.74, 6) is 0. The van der Waals surface area contributed by atoms with Gasteiger partial charge in [-0.25, -0.2) is 0 Å². The molecular formula is C25H24. The Morgan fingerprint density at radius 3 is 2.24 bits per heavy atom. The van der Waals surface area contributed by atoms with Crippen molar-refractivity contribution >= 4 is 5.57 Å². The van der Waals surface area contributed by atoms with Crippen LogP contribution in [0.5, 0.6) is 0 Å². The standard InChI is InChI=1S/C25H24/c1-18-13-14-20(15-19(18)2)24-17-25(3,22-10-5-4-6-11-22)16-21-9-7-8-12-23(21)24/h4-15,17H,16H2,1-3H3. The molecule has 1 aliphatic rings. The van der Waals surface area contributed by atoms with Gasteiger partial charge in [0.05, 0.1) is 0 Å². The topological polar surface area (TPSA) is 0 Å². The lowest BCUT2D eigenvalue weighted by Crippen LogP contribution is -2.26. The van der Waals surface area contributed by atoms with Gasteiger partial charge in [-0.05, 0) is 59.2 Å². The van der Waals surface area contributed by atoms with E-state index in [4.69, 9.17) is 0 Å². The number of benzene rings is 3. The molecule has 0 aliphatic heterocycles. The molecule has 0 fully saturated rings. The van der Waals surface area contributed by atoms with Crippen LogP contribution in [0.15, 0.2) is 78.9 Å². The van der Waals surface area contributed by atoms with E-state index in [0.29, 0.717) is 0 Å². The lowest BCUT2D eigenvalue weighted by Gasteiger charge is -2.34. The fourth-order valence-corrected chi connectivity index (χ4v) is 3.93. The maximum absolute atomic E-state index is 2.48. The summed E-state index contributed by atoms with van der Waals surface area (Å²) >= 11 is 0. The lowest BCUT2D eigenvalue weighted by atomic mass is 9.69. The van der Waals surface area contributed by atoms with Crippen molar-refractivity contribution in [3.05, 3.63) is 112 Å². The number of aryl methyl sites for hydroxylation is 2. The maximum Gasteiger partial charge on any atom is 0.0153 e. The number of fused-ring (bicyclic) bond motifs is 1. The first kappa shape index (κ1) is 15.9. The van der Waals surface area contributed by atoms with Crippen LogP contribution in [0.2, 0.25) is 0 Å². The minimum atomic E-state index is 0.0176. The van der Waals surface area contributed by atoms with Crippen LogP contribution >= 0.6 is 0 Å². The second-order valence-electron chi connectivity index (χ2n) is 7.47. The van der Waals surface area contributed by atoms with Crippen molar-refractivity contribution in [2.45, 2.75) is 32.6 Å². The van der Waals surface area contributed by atoms with Crippen LogP contribution in [-0.2, 0) is 11.8 Å². The molecule has 0 amide bonds. The van der Waals surface area contributed by atoms with E-state index in [1.807, 2.05) is 0 Å². The normalized spacial score (nSPS) is 19.2. The summed E-state index contributed by atoms with van der Waals surface area (Å²) in [4.78, 5) is 0. The van der Waals surface area contributed by atoms with Gasteiger partial charge >= 0.3 is 0 Å². The van der Waals surface area contributed by atoms with E-state index in [0.717, 1.165) is 6.42 Å². The van der Waals surface area contributed by atoms with Gasteiger partial charge in [-0.15, -0.1) is 0 Å². The second-order valence-corrected chi connectivity index (χ2v) is 7.47. The van der Waals surface area contributed by atoms with E-state index in [2.05, 4.69) is 99.6 Å².